The fourth-order valence-electron chi connectivity index (χ4n) is 2.77. The fraction of sp³-hybridized carbons (Fsp3) is 0.217. The van der Waals surface area contributed by atoms with Crippen molar-refractivity contribution >= 4 is 0 Å². The van der Waals surface area contributed by atoms with Gasteiger partial charge < -0.3 is 14.8 Å². The van der Waals surface area contributed by atoms with Crippen LogP contribution in [0, 0.1) is 12.7 Å². The highest BCUT2D eigenvalue weighted by Crippen LogP contribution is 2.29. The molecule has 0 aliphatic rings. The average molecular weight is 365 g/mol. The molecule has 0 aliphatic carbocycles. The average Bonchev–Trinajstić information content (AvgIpc) is 2.69. The molecule has 0 fully saturated rings. The monoisotopic (exact) mass is 365 g/mol. The van der Waals surface area contributed by atoms with Gasteiger partial charge in [0.2, 0.25) is 0 Å². The van der Waals surface area contributed by atoms with E-state index in [1.54, 1.807) is 25.3 Å². The van der Waals surface area contributed by atoms with Gasteiger partial charge in [0.1, 0.15) is 12.4 Å². The van der Waals surface area contributed by atoms with Crippen LogP contribution in [0.2, 0.25) is 0 Å². The van der Waals surface area contributed by atoms with Gasteiger partial charge in [-0.15, -0.1) is 0 Å². The molecule has 0 heterocycles. The predicted molar refractivity (Wildman–Crippen MR) is 105 cm³/mol. The lowest BCUT2D eigenvalue weighted by atomic mass is 10.1. The van der Waals surface area contributed by atoms with Gasteiger partial charge in [0, 0.05) is 18.7 Å². The maximum absolute atomic E-state index is 13.7. The second-order valence-corrected chi connectivity index (χ2v) is 6.45. The van der Waals surface area contributed by atoms with E-state index in [0.29, 0.717) is 17.1 Å². The van der Waals surface area contributed by atoms with Crippen LogP contribution < -0.4 is 14.8 Å². The van der Waals surface area contributed by atoms with Crippen LogP contribution >= 0.6 is 0 Å². The van der Waals surface area contributed by atoms with Gasteiger partial charge in [0.25, 0.3) is 0 Å². The molecule has 0 aliphatic heterocycles. The normalized spacial score (nSPS) is 10.6. The molecule has 3 aromatic rings. The lowest BCUT2D eigenvalue weighted by Gasteiger charge is -2.13. The molecule has 140 valence electrons. The predicted octanol–water partition coefficient (Wildman–Crippen LogP) is 5.01. The standard InChI is InChI=1S/C23H24FNO2/c1-17-7-9-18(10-8-17)14-25-15-19-11-12-22(23(13-19)26-2)27-16-20-5-3-4-6-21(20)24/h3-13,25H,14-16H2,1-2H3. The van der Waals surface area contributed by atoms with Gasteiger partial charge in [-0.1, -0.05) is 54.1 Å². The van der Waals surface area contributed by atoms with Crippen LogP contribution in [0.3, 0.4) is 0 Å². The Morgan fingerprint density at radius 2 is 1.56 bits per heavy atom. The van der Waals surface area contributed by atoms with Crippen LogP contribution in [0.25, 0.3) is 0 Å². The zero-order valence-corrected chi connectivity index (χ0v) is 15.7. The van der Waals surface area contributed by atoms with Crippen molar-refractivity contribution in [1.29, 1.82) is 0 Å². The van der Waals surface area contributed by atoms with Crippen LogP contribution in [-0.2, 0) is 19.7 Å². The summed E-state index contributed by atoms with van der Waals surface area (Å²) in [7, 11) is 1.61. The highest BCUT2D eigenvalue weighted by molar-refractivity contribution is 5.43. The minimum absolute atomic E-state index is 0.161. The van der Waals surface area contributed by atoms with E-state index < -0.39 is 0 Å². The van der Waals surface area contributed by atoms with Crippen molar-refractivity contribution in [1.82, 2.24) is 5.32 Å². The summed E-state index contributed by atoms with van der Waals surface area (Å²) in [5.41, 5.74) is 4.12. The van der Waals surface area contributed by atoms with E-state index in [-0.39, 0.29) is 12.4 Å². The number of aryl methyl sites for hydroxylation is 1. The van der Waals surface area contributed by atoms with E-state index in [1.165, 1.54) is 17.2 Å². The minimum Gasteiger partial charge on any atom is -0.493 e. The Morgan fingerprint density at radius 3 is 2.30 bits per heavy atom. The van der Waals surface area contributed by atoms with E-state index in [2.05, 4.69) is 36.5 Å². The summed E-state index contributed by atoms with van der Waals surface area (Å²) < 4.78 is 24.9. The zero-order chi connectivity index (χ0) is 19.1. The molecule has 0 saturated heterocycles. The molecule has 3 nitrogen and oxygen atoms in total. The first-order valence-electron chi connectivity index (χ1n) is 8.95. The molecule has 4 heteroatoms. The van der Waals surface area contributed by atoms with E-state index in [0.717, 1.165) is 18.7 Å². The number of ether oxygens (including phenoxy) is 2. The minimum atomic E-state index is -0.270. The van der Waals surface area contributed by atoms with Crippen molar-refractivity contribution in [2.75, 3.05) is 7.11 Å². The van der Waals surface area contributed by atoms with Gasteiger partial charge in [-0.05, 0) is 36.2 Å². The quantitative estimate of drug-likeness (QED) is 0.609. The topological polar surface area (TPSA) is 30.5 Å². The fourth-order valence-corrected chi connectivity index (χ4v) is 2.77. The van der Waals surface area contributed by atoms with Gasteiger partial charge >= 0.3 is 0 Å². The highest BCUT2D eigenvalue weighted by atomic mass is 19.1. The Morgan fingerprint density at radius 1 is 0.852 bits per heavy atom. The lowest BCUT2D eigenvalue weighted by molar-refractivity contribution is 0.279. The Kier molecular flexibility index (Phi) is 6.44. The van der Waals surface area contributed by atoms with E-state index in [9.17, 15) is 4.39 Å². The number of halogens is 1. The Balaban J connectivity index is 1.58. The largest absolute Gasteiger partial charge is 0.493 e. The first kappa shape index (κ1) is 18.9. The molecule has 0 amide bonds. The summed E-state index contributed by atoms with van der Waals surface area (Å²) in [6.07, 6.45) is 0. The molecule has 0 bridgehead atoms. The van der Waals surface area contributed by atoms with Crippen molar-refractivity contribution in [3.63, 3.8) is 0 Å². The molecule has 0 radical (unpaired) electrons. The van der Waals surface area contributed by atoms with Crippen LogP contribution in [0.15, 0.2) is 66.7 Å². The summed E-state index contributed by atoms with van der Waals surface area (Å²) in [5, 5.41) is 3.43. The number of hydrogen-bond acceptors (Lipinski definition) is 3. The number of hydrogen-bond donors (Lipinski definition) is 1. The number of rotatable bonds is 8. The number of benzene rings is 3. The van der Waals surface area contributed by atoms with Gasteiger partial charge in [0.05, 0.1) is 7.11 Å². The molecule has 27 heavy (non-hydrogen) atoms. The Hall–Kier alpha value is -2.85. The van der Waals surface area contributed by atoms with Crippen LogP contribution in [0.4, 0.5) is 4.39 Å². The second-order valence-electron chi connectivity index (χ2n) is 6.45. The first-order valence-corrected chi connectivity index (χ1v) is 8.95. The van der Waals surface area contributed by atoms with E-state index >= 15 is 0 Å². The van der Waals surface area contributed by atoms with Gasteiger partial charge in [-0.3, -0.25) is 0 Å². The molecule has 0 saturated carbocycles. The number of nitrogens with one attached hydrogen (secondary N) is 1. The third-order valence-electron chi connectivity index (χ3n) is 4.35. The molecular weight excluding hydrogens is 341 g/mol. The molecule has 0 aromatic heterocycles. The van der Waals surface area contributed by atoms with Crippen molar-refractivity contribution < 1.29 is 13.9 Å². The summed E-state index contributed by atoms with van der Waals surface area (Å²) in [6.45, 7) is 3.76. The molecule has 3 rings (SSSR count). The van der Waals surface area contributed by atoms with E-state index in [1.807, 2.05) is 18.2 Å². The first-order chi connectivity index (χ1) is 13.2. The van der Waals surface area contributed by atoms with Crippen molar-refractivity contribution in [2.24, 2.45) is 0 Å². The molecule has 0 unspecified atom stereocenters. The molecular formula is C23H24FNO2. The van der Waals surface area contributed by atoms with Crippen LogP contribution in [0.5, 0.6) is 11.5 Å². The maximum Gasteiger partial charge on any atom is 0.161 e. The lowest BCUT2D eigenvalue weighted by Crippen LogP contribution is -2.12. The van der Waals surface area contributed by atoms with Crippen LogP contribution in [-0.4, -0.2) is 7.11 Å². The molecule has 3 aromatic carbocycles. The number of methoxy groups -OCH3 is 1. The molecule has 0 spiro atoms. The summed E-state index contributed by atoms with van der Waals surface area (Å²) >= 11 is 0. The Bertz CT molecular complexity index is 878. The van der Waals surface area contributed by atoms with Gasteiger partial charge in [-0.2, -0.15) is 0 Å². The Labute approximate surface area is 159 Å². The second kappa shape index (κ2) is 9.19. The zero-order valence-electron chi connectivity index (χ0n) is 15.7. The van der Waals surface area contributed by atoms with Crippen molar-refractivity contribution in [3.8, 4) is 11.5 Å². The van der Waals surface area contributed by atoms with E-state index in [4.69, 9.17) is 9.47 Å². The summed E-state index contributed by atoms with van der Waals surface area (Å²) in [4.78, 5) is 0. The third-order valence-corrected chi connectivity index (χ3v) is 4.35. The van der Waals surface area contributed by atoms with Crippen molar-refractivity contribution in [2.45, 2.75) is 26.6 Å². The SMILES string of the molecule is COc1cc(CNCc2ccc(C)cc2)ccc1OCc1ccccc1F. The molecule has 1 N–H and O–H groups in total. The summed E-state index contributed by atoms with van der Waals surface area (Å²) in [6, 6.07) is 20.9. The summed E-state index contributed by atoms with van der Waals surface area (Å²) in [5.74, 6) is 0.970. The maximum atomic E-state index is 13.7. The highest BCUT2D eigenvalue weighted by Gasteiger charge is 2.08. The van der Waals surface area contributed by atoms with Crippen molar-refractivity contribution in [3.05, 3.63) is 94.8 Å². The smallest absolute Gasteiger partial charge is 0.161 e. The van der Waals surface area contributed by atoms with Gasteiger partial charge in [0.15, 0.2) is 11.5 Å². The molecule has 0 atom stereocenters. The third kappa shape index (κ3) is 5.31. The van der Waals surface area contributed by atoms with Crippen LogP contribution in [0.1, 0.15) is 22.3 Å². The van der Waals surface area contributed by atoms with Gasteiger partial charge in [-0.25, -0.2) is 4.39 Å².